The van der Waals surface area contributed by atoms with Crippen molar-refractivity contribution in [2.45, 2.75) is 45.6 Å². The molecule has 24 heavy (non-hydrogen) atoms. The molecular weight excluding hydrogens is 326 g/mol. The molecule has 130 valence electrons. The van der Waals surface area contributed by atoms with Gasteiger partial charge < -0.3 is 14.6 Å². The van der Waals surface area contributed by atoms with Crippen molar-refractivity contribution in [3.05, 3.63) is 26.6 Å². The summed E-state index contributed by atoms with van der Waals surface area (Å²) in [4.78, 5) is 34.4. The quantitative estimate of drug-likeness (QED) is 0.821. The number of nitrogens with zero attached hydrogens (tertiary/aromatic N) is 1. The largest absolute Gasteiger partial charge is 0.465 e. The van der Waals surface area contributed by atoms with Crippen LogP contribution in [0.4, 0.5) is 0 Å². The van der Waals surface area contributed by atoms with E-state index >= 15 is 0 Å². The number of nitrogens with one attached hydrogen (secondary N) is 2. The topological polar surface area (TPSA) is 76.5 Å². The van der Waals surface area contributed by atoms with Crippen molar-refractivity contribution in [2.24, 2.45) is 0 Å². The Morgan fingerprint density at radius 2 is 1.92 bits per heavy atom. The van der Waals surface area contributed by atoms with E-state index in [9.17, 15) is 9.59 Å². The summed E-state index contributed by atoms with van der Waals surface area (Å²) in [5.74, 6) is 0.298. The summed E-state index contributed by atoms with van der Waals surface area (Å²) < 4.78 is 4.79. The number of methoxy groups -OCH3 is 1. The monoisotopic (exact) mass is 350 g/mol. The van der Waals surface area contributed by atoms with E-state index in [1.165, 1.54) is 55.5 Å². The molecule has 1 saturated heterocycles. The summed E-state index contributed by atoms with van der Waals surface area (Å²) in [6, 6.07) is 0. The minimum Gasteiger partial charge on any atom is -0.465 e. The lowest BCUT2D eigenvalue weighted by molar-refractivity contribution is -0.915. The maximum absolute atomic E-state index is 12.5. The van der Waals surface area contributed by atoms with Crippen LogP contribution in [0, 0.1) is 6.92 Å². The highest BCUT2D eigenvalue weighted by atomic mass is 32.1. The number of quaternary nitrogens is 1. The van der Waals surface area contributed by atoms with Crippen LogP contribution >= 0.6 is 11.3 Å². The van der Waals surface area contributed by atoms with Gasteiger partial charge in [0.1, 0.15) is 16.3 Å². The first kappa shape index (κ1) is 17.1. The molecule has 0 aliphatic carbocycles. The zero-order valence-electron chi connectivity index (χ0n) is 14.2. The smallest absolute Gasteiger partial charge is 0.348 e. The molecule has 0 aromatic carbocycles. The van der Waals surface area contributed by atoms with Crippen molar-refractivity contribution >= 4 is 27.5 Å². The summed E-state index contributed by atoms with van der Waals surface area (Å²) in [7, 11) is 1.35. The second-order valence-electron chi connectivity index (χ2n) is 6.44. The number of likely N-dealkylation sites (tertiary alicyclic amines) is 1. The predicted octanol–water partition coefficient (Wildman–Crippen LogP) is 1.43. The number of H-pyrrole nitrogens is 1. The van der Waals surface area contributed by atoms with Crippen molar-refractivity contribution in [3.63, 3.8) is 0 Å². The van der Waals surface area contributed by atoms with Gasteiger partial charge in [-0.05, 0) is 38.2 Å². The summed E-state index contributed by atoms with van der Waals surface area (Å²) >= 11 is 1.24. The van der Waals surface area contributed by atoms with E-state index in [-0.39, 0.29) is 5.56 Å². The number of ether oxygens (including phenoxy) is 1. The van der Waals surface area contributed by atoms with Gasteiger partial charge in [-0.15, -0.1) is 11.3 Å². The fourth-order valence-electron chi connectivity index (χ4n) is 3.38. The summed E-state index contributed by atoms with van der Waals surface area (Å²) in [6.45, 7) is 4.75. The van der Waals surface area contributed by atoms with Crippen LogP contribution in [-0.4, -0.2) is 36.1 Å². The molecule has 3 heterocycles. The van der Waals surface area contributed by atoms with Gasteiger partial charge in [0.15, 0.2) is 5.82 Å². The summed E-state index contributed by atoms with van der Waals surface area (Å²) in [5, 5.41) is 0.506. The Balaban J connectivity index is 1.89. The molecule has 7 heteroatoms. The maximum atomic E-state index is 12.5. The average Bonchev–Trinajstić information content (AvgIpc) is 2.86. The first-order valence-electron chi connectivity index (χ1n) is 8.54. The van der Waals surface area contributed by atoms with Gasteiger partial charge >= 0.3 is 5.97 Å². The predicted molar refractivity (Wildman–Crippen MR) is 93.8 cm³/mol. The fourth-order valence-corrected chi connectivity index (χ4v) is 4.50. The fraction of sp³-hybridized carbons (Fsp3) is 0.588. The van der Waals surface area contributed by atoms with E-state index in [4.69, 9.17) is 4.74 Å². The Kier molecular flexibility index (Phi) is 5.30. The molecule has 1 aliphatic rings. The van der Waals surface area contributed by atoms with Crippen LogP contribution in [0.15, 0.2) is 4.79 Å². The van der Waals surface area contributed by atoms with Gasteiger partial charge in [0, 0.05) is 0 Å². The minimum atomic E-state index is -0.411. The number of aromatic amines is 1. The lowest BCUT2D eigenvalue weighted by Gasteiger charge is -2.21. The second-order valence-corrected chi connectivity index (χ2v) is 7.43. The van der Waals surface area contributed by atoms with E-state index in [1.807, 2.05) is 0 Å². The van der Waals surface area contributed by atoms with Crippen molar-refractivity contribution in [3.8, 4) is 0 Å². The Labute approximate surface area is 144 Å². The maximum Gasteiger partial charge on any atom is 0.348 e. The van der Waals surface area contributed by atoms with E-state index < -0.39 is 5.97 Å². The third kappa shape index (κ3) is 3.52. The van der Waals surface area contributed by atoms with Crippen molar-refractivity contribution in [1.82, 2.24) is 9.97 Å². The van der Waals surface area contributed by atoms with Crippen LogP contribution in [0.1, 0.15) is 53.2 Å². The number of aromatic nitrogens is 2. The Bertz CT molecular complexity index is 788. The molecule has 0 bridgehead atoms. The van der Waals surface area contributed by atoms with Gasteiger partial charge in [-0.2, -0.15) is 0 Å². The molecule has 3 rings (SSSR count). The van der Waals surface area contributed by atoms with E-state index in [0.29, 0.717) is 26.5 Å². The number of hydrogen-bond acceptors (Lipinski definition) is 5. The van der Waals surface area contributed by atoms with Gasteiger partial charge in [-0.1, -0.05) is 6.42 Å². The first-order valence-corrected chi connectivity index (χ1v) is 9.36. The van der Waals surface area contributed by atoms with Crippen LogP contribution in [-0.2, 0) is 11.3 Å². The highest BCUT2D eigenvalue weighted by molar-refractivity contribution is 7.20. The molecule has 2 aromatic rings. The first-order chi connectivity index (χ1) is 11.6. The number of carbonyl (C=O) groups excluding carboxylic acids is 1. The van der Waals surface area contributed by atoms with Gasteiger partial charge in [0.05, 0.1) is 25.6 Å². The van der Waals surface area contributed by atoms with Crippen molar-refractivity contribution in [1.29, 1.82) is 0 Å². The third-order valence-corrected chi connectivity index (χ3v) is 5.86. The normalized spacial score (nSPS) is 16.8. The molecule has 0 saturated carbocycles. The van der Waals surface area contributed by atoms with Crippen LogP contribution in [0.25, 0.3) is 10.2 Å². The third-order valence-electron chi connectivity index (χ3n) is 4.70. The molecule has 0 radical (unpaired) electrons. The number of aryl methyl sites for hydroxylation is 1. The molecule has 2 aromatic heterocycles. The number of esters is 1. The molecule has 0 unspecified atom stereocenters. The van der Waals surface area contributed by atoms with Crippen LogP contribution in [0.5, 0.6) is 0 Å². The Hall–Kier alpha value is -1.73. The number of rotatable bonds is 3. The van der Waals surface area contributed by atoms with Gasteiger partial charge in [0.25, 0.3) is 5.56 Å². The van der Waals surface area contributed by atoms with Crippen LogP contribution in [0.3, 0.4) is 0 Å². The molecule has 6 nitrogen and oxygen atoms in total. The van der Waals surface area contributed by atoms with E-state index in [2.05, 4.69) is 9.97 Å². The van der Waals surface area contributed by atoms with Gasteiger partial charge in [-0.3, -0.25) is 4.79 Å². The molecule has 1 fully saturated rings. The lowest BCUT2D eigenvalue weighted by Crippen LogP contribution is -3.10. The van der Waals surface area contributed by atoms with Gasteiger partial charge in [0.2, 0.25) is 0 Å². The molecule has 0 amide bonds. The summed E-state index contributed by atoms with van der Waals surface area (Å²) in [6.07, 6.45) is 6.37. The zero-order valence-corrected chi connectivity index (χ0v) is 15.1. The Morgan fingerprint density at radius 1 is 1.25 bits per heavy atom. The van der Waals surface area contributed by atoms with E-state index in [1.54, 1.807) is 6.92 Å². The zero-order chi connectivity index (χ0) is 17.1. The highest BCUT2D eigenvalue weighted by Crippen LogP contribution is 2.27. The van der Waals surface area contributed by atoms with Crippen molar-refractivity contribution in [2.75, 3.05) is 20.2 Å². The number of fused-ring (bicyclic) bond motifs is 1. The molecule has 0 spiro atoms. The van der Waals surface area contributed by atoms with Crippen LogP contribution < -0.4 is 10.5 Å². The lowest BCUT2D eigenvalue weighted by atomic mass is 10.1. The van der Waals surface area contributed by atoms with Gasteiger partial charge in [-0.25, -0.2) is 9.78 Å². The number of carbonyl (C=O) groups is 1. The second kappa shape index (κ2) is 7.44. The van der Waals surface area contributed by atoms with Crippen molar-refractivity contribution < 1.29 is 14.4 Å². The highest BCUT2D eigenvalue weighted by Gasteiger charge is 2.21. The molecule has 2 N–H and O–H groups in total. The SMILES string of the molecule is COC(=O)c1sc2nc(C[NH+]3CCCCCCC3)[nH]c(=O)c2c1C. The van der Waals surface area contributed by atoms with E-state index in [0.717, 1.165) is 19.6 Å². The Morgan fingerprint density at radius 3 is 2.58 bits per heavy atom. The summed E-state index contributed by atoms with van der Waals surface area (Å²) in [5.41, 5.74) is 0.492. The number of thiophene rings is 1. The molecular formula is C17H24N3O3S+. The number of hydrogen-bond donors (Lipinski definition) is 2. The average molecular weight is 350 g/mol. The molecule has 0 atom stereocenters. The van der Waals surface area contributed by atoms with Crippen LogP contribution in [0.2, 0.25) is 0 Å². The standard InChI is InChI=1S/C17H23N3O3S/c1-11-13-15(21)18-12(10-20-8-6-4-3-5-7-9-20)19-16(13)24-14(11)17(22)23-2/h3-10H2,1-2H3,(H,18,19,21)/p+1. The molecule has 1 aliphatic heterocycles. The minimum absolute atomic E-state index is 0.162.